The fourth-order valence-corrected chi connectivity index (χ4v) is 1.26. The SMILES string of the molecule is CCNCCOc1ccc(C(=O)NC=O)cc1. The van der Waals surface area contributed by atoms with E-state index >= 15 is 0 Å². The van der Waals surface area contributed by atoms with Crippen molar-refractivity contribution in [2.75, 3.05) is 19.7 Å². The van der Waals surface area contributed by atoms with Crippen molar-refractivity contribution >= 4 is 12.3 Å². The van der Waals surface area contributed by atoms with Crippen LogP contribution in [-0.2, 0) is 4.79 Å². The van der Waals surface area contributed by atoms with Gasteiger partial charge in [0.2, 0.25) is 6.41 Å². The minimum Gasteiger partial charge on any atom is -0.492 e. The van der Waals surface area contributed by atoms with Gasteiger partial charge in [-0.3, -0.25) is 14.9 Å². The number of amides is 2. The van der Waals surface area contributed by atoms with Crippen molar-refractivity contribution in [1.82, 2.24) is 10.6 Å². The van der Waals surface area contributed by atoms with Crippen molar-refractivity contribution in [2.45, 2.75) is 6.92 Å². The Hall–Kier alpha value is -1.88. The van der Waals surface area contributed by atoms with Crippen LogP contribution >= 0.6 is 0 Å². The van der Waals surface area contributed by atoms with E-state index in [0.717, 1.165) is 13.1 Å². The molecular weight excluding hydrogens is 220 g/mol. The van der Waals surface area contributed by atoms with E-state index in [4.69, 9.17) is 4.74 Å². The first-order chi connectivity index (χ1) is 8.27. The zero-order valence-electron chi connectivity index (χ0n) is 9.73. The average molecular weight is 236 g/mol. The number of hydrogen-bond donors (Lipinski definition) is 2. The van der Waals surface area contributed by atoms with E-state index in [1.807, 2.05) is 6.92 Å². The maximum absolute atomic E-state index is 11.3. The minimum absolute atomic E-state index is 0.364. The molecule has 5 nitrogen and oxygen atoms in total. The van der Waals surface area contributed by atoms with Crippen LogP contribution in [0, 0.1) is 0 Å². The van der Waals surface area contributed by atoms with Gasteiger partial charge in [0.1, 0.15) is 12.4 Å². The van der Waals surface area contributed by atoms with Crippen LogP contribution < -0.4 is 15.4 Å². The molecule has 0 aliphatic carbocycles. The molecule has 0 heterocycles. The molecule has 0 saturated carbocycles. The second-order valence-corrected chi connectivity index (χ2v) is 3.32. The fourth-order valence-electron chi connectivity index (χ4n) is 1.26. The summed E-state index contributed by atoms with van der Waals surface area (Å²) < 4.78 is 5.44. The first-order valence-corrected chi connectivity index (χ1v) is 5.46. The highest BCUT2D eigenvalue weighted by Crippen LogP contribution is 2.11. The molecule has 0 fully saturated rings. The Bertz CT molecular complexity index is 363. The lowest BCUT2D eigenvalue weighted by Gasteiger charge is -2.06. The summed E-state index contributed by atoms with van der Waals surface area (Å²) in [6.45, 7) is 4.30. The maximum Gasteiger partial charge on any atom is 0.257 e. The van der Waals surface area contributed by atoms with Crippen molar-refractivity contribution in [3.05, 3.63) is 29.8 Å². The van der Waals surface area contributed by atoms with E-state index in [9.17, 15) is 9.59 Å². The van der Waals surface area contributed by atoms with Crippen LogP contribution in [0.5, 0.6) is 5.75 Å². The zero-order valence-corrected chi connectivity index (χ0v) is 9.73. The molecule has 0 aliphatic rings. The standard InChI is InChI=1S/C12H16N2O3/c1-2-13-7-8-17-11-5-3-10(4-6-11)12(16)14-9-15/h3-6,9,13H,2,7-8H2,1H3,(H,14,15,16). The Balaban J connectivity index is 2.44. The molecule has 1 rings (SSSR count). The Labute approximate surface area is 100 Å². The highest BCUT2D eigenvalue weighted by atomic mass is 16.5. The van der Waals surface area contributed by atoms with Crippen LogP contribution in [0.25, 0.3) is 0 Å². The first kappa shape index (κ1) is 13.2. The third kappa shape index (κ3) is 4.65. The van der Waals surface area contributed by atoms with Crippen molar-refractivity contribution < 1.29 is 14.3 Å². The van der Waals surface area contributed by atoms with Gasteiger partial charge in [0.05, 0.1) is 0 Å². The van der Waals surface area contributed by atoms with Gasteiger partial charge in [0, 0.05) is 12.1 Å². The van der Waals surface area contributed by atoms with Gasteiger partial charge >= 0.3 is 0 Å². The number of carbonyl (C=O) groups is 2. The molecule has 2 N–H and O–H groups in total. The number of nitrogens with one attached hydrogen (secondary N) is 2. The topological polar surface area (TPSA) is 67.4 Å². The molecule has 0 aromatic heterocycles. The van der Waals surface area contributed by atoms with Gasteiger partial charge in [-0.2, -0.15) is 0 Å². The number of benzene rings is 1. The predicted octanol–water partition coefficient (Wildman–Crippen LogP) is 0.561. The Morgan fingerprint density at radius 1 is 1.35 bits per heavy atom. The molecule has 92 valence electrons. The molecule has 1 aromatic rings. The second kappa shape index (κ2) is 7.40. The molecule has 0 aliphatic heterocycles. The summed E-state index contributed by atoms with van der Waals surface area (Å²) >= 11 is 0. The average Bonchev–Trinajstić information content (AvgIpc) is 2.36. The van der Waals surface area contributed by atoms with Crippen LogP contribution in [0.2, 0.25) is 0 Å². The van der Waals surface area contributed by atoms with E-state index in [0.29, 0.717) is 24.3 Å². The number of ether oxygens (including phenoxy) is 1. The third-order valence-corrected chi connectivity index (χ3v) is 2.10. The lowest BCUT2D eigenvalue weighted by molar-refractivity contribution is -0.108. The Morgan fingerprint density at radius 3 is 2.65 bits per heavy atom. The van der Waals surface area contributed by atoms with Gasteiger partial charge in [-0.25, -0.2) is 0 Å². The van der Waals surface area contributed by atoms with E-state index < -0.39 is 5.91 Å². The van der Waals surface area contributed by atoms with Crippen molar-refractivity contribution in [3.8, 4) is 5.75 Å². The number of rotatable bonds is 7. The molecule has 0 saturated heterocycles. The molecule has 0 bridgehead atoms. The summed E-state index contributed by atoms with van der Waals surface area (Å²) in [5, 5.41) is 5.21. The van der Waals surface area contributed by atoms with Gasteiger partial charge in [-0.05, 0) is 30.8 Å². The molecule has 1 aromatic carbocycles. The summed E-state index contributed by atoms with van der Waals surface area (Å²) in [6.07, 6.45) is 0.364. The quantitative estimate of drug-likeness (QED) is 0.536. The molecule has 2 amide bonds. The lowest BCUT2D eigenvalue weighted by Crippen LogP contribution is -2.21. The summed E-state index contributed by atoms with van der Waals surface area (Å²) in [5.41, 5.74) is 0.427. The lowest BCUT2D eigenvalue weighted by atomic mass is 10.2. The molecule has 17 heavy (non-hydrogen) atoms. The van der Waals surface area contributed by atoms with Gasteiger partial charge in [-0.1, -0.05) is 6.92 Å². The molecule has 0 unspecified atom stereocenters. The van der Waals surface area contributed by atoms with Crippen LogP contribution in [0.15, 0.2) is 24.3 Å². The minimum atomic E-state index is -0.417. The second-order valence-electron chi connectivity index (χ2n) is 3.32. The summed E-state index contributed by atoms with van der Waals surface area (Å²) in [7, 11) is 0. The molecule has 5 heteroatoms. The highest BCUT2D eigenvalue weighted by Gasteiger charge is 2.03. The first-order valence-electron chi connectivity index (χ1n) is 5.46. The third-order valence-electron chi connectivity index (χ3n) is 2.10. The van der Waals surface area contributed by atoms with Crippen LogP contribution in [-0.4, -0.2) is 32.0 Å². The molecular formula is C12H16N2O3. The molecule has 0 atom stereocenters. The zero-order chi connectivity index (χ0) is 12.5. The largest absolute Gasteiger partial charge is 0.492 e. The van der Waals surface area contributed by atoms with E-state index in [-0.39, 0.29) is 0 Å². The molecule has 0 radical (unpaired) electrons. The van der Waals surface area contributed by atoms with Crippen LogP contribution in [0.1, 0.15) is 17.3 Å². The monoisotopic (exact) mass is 236 g/mol. The van der Waals surface area contributed by atoms with Gasteiger partial charge in [0.25, 0.3) is 5.91 Å². The van der Waals surface area contributed by atoms with Crippen molar-refractivity contribution in [3.63, 3.8) is 0 Å². The van der Waals surface area contributed by atoms with E-state index in [1.54, 1.807) is 24.3 Å². The fraction of sp³-hybridized carbons (Fsp3) is 0.333. The van der Waals surface area contributed by atoms with E-state index in [1.165, 1.54) is 0 Å². The van der Waals surface area contributed by atoms with Gasteiger partial charge in [0.15, 0.2) is 0 Å². The van der Waals surface area contributed by atoms with Gasteiger partial charge in [-0.15, -0.1) is 0 Å². The number of carbonyl (C=O) groups excluding carboxylic acids is 2. The summed E-state index contributed by atoms with van der Waals surface area (Å²) in [5.74, 6) is 0.282. The Morgan fingerprint density at radius 2 is 2.06 bits per heavy atom. The number of imide groups is 1. The Kier molecular flexibility index (Phi) is 5.74. The smallest absolute Gasteiger partial charge is 0.257 e. The predicted molar refractivity (Wildman–Crippen MR) is 64.0 cm³/mol. The summed E-state index contributed by atoms with van der Waals surface area (Å²) in [6, 6.07) is 6.63. The maximum atomic E-state index is 11.3. The van der Waals surface area contributed by atoms with E-state index in [2.05, 4.69) is 10.6 Å². The normalized spacial score (nSPS) is 9.71. The summed E-state index contributed by atoms with van der Waals surface area (Å²) in [4.78, 5) is 21.4. The van der Waals surface area contributed by atoms with Gasteiger partial charge < -0.3 is 10.1 Å². The number of likely N-dealkylation sites (N-methyl/N-ethyl adjacent to an activating group) is 1. The van der Waals surface area contributed by atoms with Crippen molar-refractivity contribution in [2.24, 2.45) is 0 Å². The molecule has 0 spiro atoms. The van der Waals surface area contributed by atoms with Crippen molar-refractivity contribution in [1.29, 1.82) is 0 Å². The van der Waals surface area contributed by atoms with Crippen LogP contribution in [0.4, 0.5) is 0 Å². The van der Waals surface area contributed by atoms with Crippen LogP contribution in [0.3, 0.4) is 0 Å². The highest BCUT2D eigenvalue weighted by molar-refractivity contribution is 5.99. The number of hydrogen-bond acceptors (Lipinski definition) is 4.